The molecule has 0 amide bonds. The zero-order chi connectivity index (χ0) is 27.4. The molecule has 2 unspecified atom stereocenters. The number of aromatic nitrogens is 1. The Morgan fingerprint density at radius 3 is 2.21 bits per heavy atom. The molecule has 3 aromatic carbocycles. The Balaban J connectivity index is 1.25. The lowest BCUT2D eigenvalue weighted by atomic mass is 9.87. The minimum Gasteiger partial charge on any atom is -0.489 e. The molecule has 2 atom stereocenters. The predicted octanol–water partition coefficient (Wildman–Crippen LogP) is 6.48. The number of ether oxygens (including phenoxy) is 2. The van der Waals surface area contributed by atoms with Crippen molar-refractivity contribution in [2.75, 3.05) is 6.61 Å². The lowest BCUT2D eigenvalue weighted by Crippen LogP contribution is -2.30. The number of epoxide rings is 1. The van der Waals surface area contributed by atoms with Gasteiger partial charge in [-0.2, -0.15) is 14.0 Å². The first-order chi connectivity index (χ1) is 18.8. The Morgan fingerprint density at radius 2 is 1.59 bits per heavy atom. The van der Waals surface area contributed by atoms with Crippen LogP contribution in [0.3, 0.4) is 0 Å². The van der Waals surface area contributed by atoms with Crippen LogP contribution >= 0.6 is 0 Å². The second-order valence-electron chi connectivity index (χ2n) is 8.94. The molecule has 0 aliphatic carbocycles. The predicted molar refractivity (Wildman–Crippen MR) is 135 cm³/mol. The van der Waals surface area contributed by atoms with Crippen LogP contribution in [-0.2, 0) is 17.3 Å². The van der Waals surface area contributed by atoms with E-state index in [1.807, 2.05) is 12.1 Å². The summed E-state index contributed by atoms with van der Waals surface area (Å²) in [7, 11) is 0. The molecule has 8 heteroatoms. The molecule has 4 nitrogen and oxygen atoms in total. The first-order valence-electron chi connectivity index (χ1n) is 12.0. The van der Waals surface area contributed by atoms with E-state index in [9.17, 15) is 8.78 Å². The average Bonchev–Trinajstić information content (AvgIpc) is 3.78. The lowest BCUT2D eigenvalue weighted by molar-refractivity contribution is -0.0471. The maximum Gasteiger partial charge on any atom is 0.299 e. The van der Waals surface area contributed by atoms with Gasteiger partial charge in [0.15, 0.2) is 0 Å². The monoisotopic (exact) mass is 528 g/mol. The van der Waals surface area contributed by atoms with E-state index < -0.39 is 35.3 Å². The van der Waals surface area contributed by atoms with Crippen LogP contribution in [0.1, 0.15) is 39.4 Å². The largest absolute Gasteiger partial charge is 0.489 e. The molecule has 4 aromatic rings. The van der Waals surface area contributed by atoms with Crippen molar-refractivity contribution in [2.24, 2.45) is 0 Å². The second-order valence-corrected chi connectivity index (χ2v) is 8.94. The van der Waals surface area contributed by atoms with Crippen LogP contribution in [-0.4, -0.2) is 17.7 Å². The standard InChI is InChI=1S/C31H20F4N2O2/c32-24-10-13-26(27(33)15-24)30(28-19-39-28)31(34,35)29-14-9-22(17-37-29)4-1-20-7-11-25(12-8-20)38-18-23-5-2-21(16-36)3-6-23/h2-3,5-15,17,28,30H,18-19H2. The highest BCUT2D eigenvalue weighted by Crippen LogP contribution is 2.48. The molecular weight excluding hydrogens is 508 g/mol. The van der Waals surface area contributed by atoms with Crippen molar-refractivity contribution < 1.29 is 27.0 Å². The number of alkyl halides is 2. The summed E-state index contributed by atoms with van der Waals surface area (Å²) in [4.78, 5) is 3.90. The van der Waals surface area contributed by atoms with Crippen molar-refractivity contribution in [1.82, 2.24) is 4.98 Å². The van der Waals surface area contributed by atoms with Gasteiger partial charge in [0.1, 0.15) is 29.7 Å². The topological polar surface area (TPSA) is 58.4 Å². The summed E-state index contributed by atoms with van der Waals surface area (Å²) in [5.41, 5.74) is 1.74. The van der Waals surface area contributed by atoms with E-state index in [-0.39, 0.29) is 12.2 Å². The number of pyridine rings is 1. The van der Waals surface area contributed by atoms with Crippen LogP contribution in [0.25, 0.3) is 0 Å². The van der Waals surface area contributed by atoms with E-state index in [2.05, 4.69) is 22.9 Å². The maximum absolute atomic E-state index is 15.4. The third-order valence-electron chi connectivity index (χ3n) is 6.22. The van der Waals surface area contributed by atoms with Crippen LogP contribution in [0.15, 0.2) is 85.1 Å². The van der Waals surface area contributed by atoms with Crippen molar-refractivity contribution >= 4 is 0 Å². The Labute approximate surface area is 222 Å². The minimum atomic E-state index is -3.56. The molecule has 2 heterocycles. The zero-order valence-corrected chi connectivity index (χ0v) is 20.4. The first-order valence-corrected chi connectivity index (χ1v) is 12.0. The van der Waals surface area contributed by atoms with E-state index in [4.69, 9.17) is 14.7 Å². The molecule has 0 radical (unpaired) electrons. The molecule has 0 saturated carbocycles. The fourth-order valence-corrected chi connectivity index (χ4v) is 4.08. The summed E-state index contributed by atoms with van der Waals surface area (Å²) < 4.78 is 69.4. The number of hydrogen-bond acceptors (Lipinski definition) is 4. The minimum absolute atomic E-state index is 0.0555. The van der Waals surface area contributed by atoms with Gasteiger partial charge in [0, 0.05) is 29.0 Å². The van der Waals surface area contributed by atoms with Gasteiger partial charge in [-0.1, -0.05) is 30.0 Å². The third kappa shape index (κ3) is 6.09. The Kier molecular flexibility index (Phi) is 7.31. The SMILES string of the molecule is N#Cc1ccc(COc2ccc(C#Cc3ccc(C(F)(F)C(c4ccc(F)cc4F)C4CO4)nc3)cc2)cc1. The quantitative estimate of drug-likeness (QED) is 0.156. The van der Waals surface area contributed by atoms with Crippen molar-refractivity contribution in [3.63, 3.8) is 0 Å². The van der Waals surface area contributed by atoms with Gasteiger partial charge >= 0.3 is 0 Å². The average molecular weight is 529 g/mol. The van der Waals surface area contributed by atoms with E-state index in [1.54, 1.807) is 36.4 Å². The Hall–Kier alpha value is -4.66. The molecule has 1 fully saturated rings. The summed E-state index contributed by atoms with van der Waals surface area (Å²) in [6.07, 6.45) is 0.342. The van der Waals surface area contributed by atoms with Gasteiger partial charge in [0.05, 0.1) is 30.3 Å². The smallest absolute Gasteiger partial charge is 0.299 e. The van der Waals surface area contributed by atoms with E-state index in [1.165, 1.54) is 12.3 Å². The van der Waals surface area contributed by atoms with E-state index in [0.717, 1.165) is 23.8 Å². The van der Waals surface area contributed by atoms with Gasteiger partial charge in [-0.05, 0) is 60.2 Å². The third-order valence-corrected chi connectivity index (χ3v) is 6.22. The second kappa shape index (κ2) is 11.0. The summed E-state index contributed by atoms with van der Waals surface area (Å²) in [5, 5.41) is 8.87. The number of nitriles is 1. The molecule has 39 heavy (non-hydrogen) atoms. The molecule has 1 aliphatic heterocycles. The molecule has 1 aliphatic rings. The number of hydrogen-bond donors (Lipinski definition) is 0. The van der Waals surface area contributed by atoms with Gasteiger partial charge in [-0.25, -0.2) is 8.78 Å². The molecule has 0 bridgehead atoms. The fourth-order valence-electron chi connectivity index (χ4n) is 4.08. The Bertz CT molecular complexity index is 1570. The van der Waals surface area contributed by atoms with Crippen LogP contribution < -0.4 is 4.74 Å². The maximum atomic E-state index is 15.4. The highest BCUT2D eigenvalue weighted by Gasteiger charge is 2.53. The number of benzene rings is 3. The zero-order valence-electron chi connectivity index (χ0n) is 20.4. The summed E-state index contributed by atoms with van der Waals surface area (Å²) in [6, 6.07) is 21.4. The molecule has 5 rings (SSSR count). The highest BCUT2D eigenvalue weighted by molar-refractivity contribution is 5.44. The van der Waals surface area contributed by atoms with Crippen LogP contribution in [0, 0.1) is 34.8 Å². The molecule has 0 spiro atoms. The van der Waals surface area contributed by atoms with Gasteiger partial charge < -0.3 is 9.47 Å². The fraction of sp³-hybridized carbons (Fsp3) is 0.161. The molecule has 0 N–H and O–H groups in total. The number of rotatable bonds is 7. The normalized spacial score (nSPS) is 15.0. The van der Waals surface area contributed by atoms with Gasteiger partial charge in [0.2, 0.25) is 0 Å². The number of halogens is 4. The lowest BCUT2D eigenvalue weighted by Gasteiger charge is -2.26. The first kappa shape index (κ1) is 26.0. The van der Waals surface area contributed by atoms with Crippen LogP contribution in [0.2, 0.25) is 0 Å². The van der Waals surface area contributed by atoms with Crippen molar-refractivity contribution in [3.8, 4) is 23.7 Å². The van der Waals surface area contributed by atoms with Crippen LogP contribution in [0.5, 0.6) is 5.75 Å². The van der Waals surface area contributed by atoms with Crippen molar-refractivity contribution in [3.05, 3.63) is 130 Å². The van der Waals surface area contributed by atoms with Gasteiger partial charge in [0.25, 0.3) is 5.92 Å². The molecule has 1 aromatic heterocycles. The highest BCUT2D eigenvalue weighted by atomic mass is 19.3. The van der Waals surface area contributed by atoms with Gasteiger partial charge in [-0.3, -0.25) is 4.98 Å². The molecule has 194 valence electrons. The van der Waals surface area contributed by atoms with Crippen molar-refractivity contribution in [1.29, 1.82) is 5.26 Å². The van der Waals surface area contributed by atoms with E-state index >= 15 is 8.78 Å². The van der Waals surface area contributed by atoms with Crippen molar-refractivity contribution in [2.45, 2.75) is 24.6 Å². The van der Waals surface area contributed by atoms with Crippen LogP contribution in [0.4, 0.5) is 17.6 Å². The summed E-state index contributed by atoms with van der Waals surface area (Å²) in [5.74, 6) is -0.608. The molecular formula is C31H20F4N2O2. The Morgan fingerprint density at radius 1 is 0.923 bits per heavy atom. The van der Waals surface area contributed by atoms with Gasteiger partial charge in [-0.15, -0.1) is 0 Å². The summed E-state index contributed by atoms with van der Waals surface area (Å²) in [6.45, 7) is 0.404. The molecule has 1 saturated heterocycles. The van der Waals surface area contributed by atoms with E-state index in [0.29, 0.717) is 35.1 Å². The number of nitrogens with zero attached hydrogens (tertiary/aromatic N) is 2. The summed E-state index contributed by atoms with van der Waals surface area (Å²) >= 11 is 0.